The van der Waals surface area contributed by atoms with Crippen LogP contribution in [0.3, 0.4) is 0 Å². The molecule has 0 spiro atoms. The van der Waals surface area contributed by atoms with Crippen LogP contribution >= 0.6 is 11.6 Å². The van der Waals surface area contributed by atoms with Crippen LogP contribution in [0.5, 0.6) is 0 Å². The van der Waals surface area contributed by atoms with Crippen LogP contribution in [0.4, 0.5) is 5.69 Å². The van der Waals surface area contributed by atoms with E-state index in [9.17, 15) is 13.2 Å². The van der Waals surface area contributed by atoms with Crippen LogP contribution in [0.1, 0.15) is 31.4 Å². The van der Waals surface area contributed by atoms with Gasteiger partial charge in [-0.2, -0.15) is 0 Å². The molecule has 1 fully saturated rings. The Morgan fingerprint density at radius 3 is 2.27 bits per heavy atom. The number of carbonyl (C=O) groups is 1. The molecule has 0 bridgehead atoms. The highest BCUT2D eigenvalue weighted by Crippen LogP contribution is 2.32. The Hall–Kier alpha value is -1.07. The number of carbonyl (C=O) groups excluding carboxylic acids is 1. The molecule has 1 saturated heterocycles. The number of anilines is 1. The van der Waals surface area contributed by atoms with Crippen LogP contribution < -0.4 is 4.90 Å². The molecular weight excluding hydrogens is 322 g/mol. The van der Waals surface area contributed by atoms with E-state index in [-0.39, 0.29) is 29.3 Å². The molecule has 1 unspecified atom stereocenters. The lowest BCUT2D eigenvalue weighted by atomic mass is 10.00. The largest absolute Gasteiger partial charge is 0.307 e. The summed E-state index contributed by atoms with van der Waals surface area (Å²) in [6, 6.07) is 5.66. The summed E-state index contributed by atoms with van der Waals surface area (Å²) in [5.74, 6) is -0.201. The molecule has 4 nitrogen and oxygen atoms in total. The van der Waals surface area contributed by atoms with E-state index < -0.39 is 9.84 Å². The van der Waals surface area contributed by atoms with Gasteiger partial charge in [-0.25, -0.2) is 8.42 Å². The predicted molar refractivity (Wildman–Crippen MR) is 90.5 cm³/mol. The zero-order valence-electron chi connectivity index (χ0n) is 13.0. The number of rotatable bonds is 5. The van der Waals surface area contributed by atoms with Gasteiger partial charge in [0.2, 0.25) is 5.91 Å². The molecule has 1 heterocycles. The number of amides is 1. The van der Waals surface area contributed by atoms with Crippen LogP contribution in [0.25, 0.3) is 0 Å². The molecule has 0 radical (unpaired) electrons. The van der Waals surface area contributed by atoms with E-state index >= 15 is 0 Å². The number of nitrogens with zero attached hydrogens (tertiary/aromatic N) is 1. The molecule has 2 rings (SSSR count). The van der Waals surface area contributed by atoms with Crippen LogP contribution in [-0.4, -0.2) is 37.8 Å². The third-order valence-electron chi connectivity index (χ3n) is 4.16. The molecule has 1 aromatic rings. The molecule has 0 N–H and O–H groups in total. The Labute approximate surface area is 137 Å². The summed E-state index contributed by atoms with van der Waals surface area (Å²) in [6.07, 6.45) is 2.05. The Bertz CT molecular complexity index is 635. The first-order chi connectivity index (χ1) is 10.4. The number of hydrogen-bond donors (Lipinski definition) is 0. The van der Waals surface area contributed by atoms with Gasteiger partial charge in [0.15, 0.2) is 9.84 Å². The van der Waals surface area contributed by atoms with E-state index in [0.717, 1.165) is 29.7 Å². The fraction of sp³-hybridized carbons (Fsp3) is 0.562. The van der Waals surface area contributed by atoms with Crippen LogP contribution in [-0.2, 0) is 27.5 Å². The lowest BCUT2D eigenvalue weighted by Crippen LogP contribution is -2.43. The van der Waals surface area contributed by atoms with Crippen molar-refractivity contribution in [3.05, 3.63) is 29.3 Å². The van der Waals surface area contributed by atoms with Crippen molar-refractivity contribution >= 4 is 33.0 Å². The normalized spacial score (nSPS) is 20.0. The fourth-order valence-corrected chi connectivity index (χ4v) is 4.91. The minimum Gasteiger partial charge on any atom is -0.307 e. The highest BCUT2D eigenvalue weighted by molar-refractivity contribution is 7.91. The zero-order chi connectivity index (χ0) is 16.3. The molecular formula is C16H22ClNO3S. The number of halogens is 1. The smallest absolute Gasteiger partial charge is 0.242 e. The highest BCUT2D eigenvalue weighted by Gasteiger charge is 2.36. The Morgan fingerprint density at radius 1 is 1.27 bits per heavy atom. The number of aryl methyl sites for hydroxylation is 2. The molecule has 1 amide bonds. The predicted octanol–water partition coefficient (Wildman–Crippen LogP) is 2.57. The van der Waals surface area contributed by atoms with E-state index in [1.165, 1.54) is 0 Å². The maximum Gasteiger partial charge on any atom is 0.242 e. The van der Waals surface area contributed by atoms with Crippen molar-refractivity contribution in [1.29, 1.82) is 0 Å². The minimum atomic E-state index is -3.07. The van der Waals surface area contributed by atoms with E-state index in [1.807, 2.05) is 32.0 Å². The first-order valence-electron chi connectivity index (χ1n) is 7.62. The average molecular weight is 344 g/mol. The van der Waals surface area contributed by atoms with E-state index in [4.69, 9.17) is 11.6 Å². The van der Waals surface area contributed by atoms with Gasteiger partial charge in [0.05, 0.1) is 23.2 Å². The molecule has 6 heteroatoms. The second-order valence-corrected chi connectivity index (χ2v) is 8.08. The topological polar surface area (TPSA) is 54.5 Å². The van der Waals surface area contributed by atoms with Gasteiger partial charge in [-0.15, -0.1) is 11.6 Å². The van der Waals surface area contributed by atoms with E-state index in [0.29, 0.717) is 6.42 Å². The van der Waals surface area contributed by atoms with Crippen molar-refractivity contribution in [3.63, 3.8) is 0 Å². The molecule has 1 atom stereocenters. The lowest BCUT2D eigenvalue weighted by Gasteiger charge is -2.31. The van der Waals surface area contributed by atoms with E-state index in [1.54, 1.807) is 4.90 Å². The van der Waals surface area contributed by atoms with Gasteiger partial charge in [0.25, 0.3) is 0 Å². The SMILES string of the molecule is CCc1cccc(CC)c1N(C(=O)CCl)C1CCS(=O)(=O)C1. The fourth-order valence-electron chi connectivity index (χ4n) is 3.08. The number of hydrogen-bond acceptors (Lipinski definition) is 3. The minimum absolute atomic E-state index is 0.0246. The zero-order valence-corrected chi connectivity index (χ0v) is 14.6. The summed E-state index contributed by atoms with van der Waals surface area (Å²) >= 11 is 5.80. The summed E-state index contributed by atoms with van der Waals surface area (Å²) < 4.78 is 23.7. The first-order valence-corrected chi connectivity index (χ1v) is 9.98. The maximum atomic E-state index is 12.4. The van der Waals surface area contributed by atoms with Gasteiger partial charge in [-0.05, 0) is 30.4 Å². The lowest BCUT2D eigenvalue weighted by molar-refractivity contribution is -0.116. The van der Waals surface area contributed by atoms with Gasteiger partial charge < -0.3 is 4.90 Å². The summed E-state index contributed by atoms with van der Waals surface area (Å²) in [4.78, 5) is 14.1. The Balaban J connectivity index is 2.53. The second kappa shape index (κ2) is 7.01. The van der Waals surface area contributed by atoms with Crippen molar-refractivity contribution in [1.82, 2.24) is 0 Å². The summed E-state index contributed by atoms with van der Waals surface area (Å²) in [6.45, 7) is 4.07. The molecule has 0 aliphatic carbocycles. The summed E-state index contributed by atoms with van der Waals surface area (Å²) in [5, 5.41) is 0. The van der Waals surface area contributed by atoms with Crippen LogP contribution in [0.2, 0.25) is 0 Å². The number of benzene rings is 1. The molecule has 0 saturated carbocycles. The molecule has 1 aliphatic heterocycles. The summed E-state index contributed by atoms with van der Waals surface area (Å²) in [5.41, 5.74) is 2.98. The van der Waals surface area contributed by atoms with Crippen molar-refractivity contribution in [2.24, 2.45) is 0 Å². The third kappa shape index (κ3) is 3.46. The molecule has 0 aromatic heterocycles. The average Bonchev–Trinajstić information content (AvgIpc) is 2.87. The number of para-hydroxylation sites is 1. The van der Waals surface area contributed by atoms with Crippen molar-refractivity contribution in [3.8, 4) is 0 Å². The van der Waals surface area contributed by atoms with Crippen LogP contribution in [0.15, 0.2) is 18.2 Å². The van der Waals surface area contributed by atoms with Crippen molar-refractivity contribution < 1.29 is 13.2 Å². The maximum absolute atomic E-state index is 12.4. The van der Waals surface area contributed by atoms with Crippen LogP contribution in [0, 0.1) is 0 Å². The quantitative estimate of drug-likeness (QED) is 0.772. The van der Waals surface area contributed by atoms with Gasteiger partial charge in [0.1, 0.15) is 5.88 Å². The van der Waals surface area contributed by atoms with Crippen molar-refractivity contribution in [2.75, 3.05) is 22.3 Å². The first kappa shape index (κ1) is 17.3. The second-order valence-electron chi connectivity index (χ2n) is 5.59. The number of sulfone groups is 1. The van der Waals surface area contributed by atoms with Gasteiger partial charge >= 0.3 is 0 Å². The summed E-state index contributed by atoms with van der Waals surface area (Å²) in [7, 11) is -3.07. The molecule has 122 valence electrons. The molecule has 1 aromatic carbocycles. The van der Waals surface area contributed by atoms with Crippen molar-refractivity contribution in [2.45, 2.75) is 39.2 Å². The van der Waals surface area contributed by atoms with E-state index in [2.05, 4.69) is 0 Å². The standard InChI is InChI=1S/C16H22ClNO3S/c1-3-12-6-5-7-13(4-2)16(12)18(15(19)10-17)14-8-9-22(20,21)11-14/h5-7,14H,3-4,8-11H2,1-2H3. The van der Waals surface area contributed by atoms with Gasteiger partial charge in [-0.1, -0.05) is 32.0 Å². The Morgan fingerprint density at radius 2 is 1.86 bits per heavy atom. The number of alkyl halides is 1. The molecule has 22 heavy (non-hydrogen) atoms. The van der Waals surface area contributed by atoms with Gasteiger partial charge in [-0.3, -0.25) is 4.79 Å². The highest BCUT2D eigenvalue weighted by atomic mass is 35.5. The van der Waals surface area contributed by atoms with Gasteiger partial charge in [0, 0.05) is 0 Å². The third-order valence-corrected chi connectivity index (χ3v) is 6.14. The molecule has 1 aliphatic rings. The monoisotopic (exact) mass is 343 g/mol. The Kier molecular flexibility index (Phi) is 5.50.